The molecule has 226 valence electrons. The molecule has 6 rings (SSSR count). The highest BCUT2D eigenvalue weighted by molar-refractivity contribution is 6.76. The van der Waals surface area contributed by atoms with E-state index in [2.05, 4.69) is 34.7 Å². The highest BCUT2D eigenvalue weighted by Crippen LogP contribution is 2.47. The van der Waals surface area contributed by atoms with E-state index in [4.69, 9.17) is 26.1 Å². The van der Waals surface area contributed by atoms with E-state index in [9.17, 15) is 13.2 Å². The lowest BCUT2D eigenvalue weighted by Gasteiger charge is -2.36. The summed E-state index contributed by atoms with van der Waals surface area (Å²) in [6.45, 7) is 10.0. The number of alkyl halides is 3. The zero-order chi connectivity index (χ0) is 30.5. The molecule has 1 fully saturated rings. The zero-order valence-electron chi connectivity index (χ0n) is 24.3. The lowest BCUT2D eigenvalue weighted by Crippen LogP contribution is -2.37. The number of aromatic nitrogens is 6. The van der Waals surface area contributed by atoms with Crippen LogP contribution in [0.15, 0.2) is 48.9 Å². The van der Waals surface area contributed by atoms with Crippen LogP contribution in [-0.2, 0) is 11.5 Å². The van der Waals surface area contributed by atoms with Crippen molar-refractivity contribution < 1.29 is 22.6 Å². The number of hydrogen-bond acceptors (Lipinski definition) is 6. The quantitative estimate of drug-likeness (QED) is 0.120. The van der Waals surface area contributed by atoms with E-state index in [1.54, 1.807) is 35.4 Å². The van der Waals surface area contributed by atoms with Crippen LogP contribution in [0.5, 0.6) is 11.5 Å². The molecule has 43 heavy (non-hydrogen) atoms. The minimum absolute atomic E-state index is 0.0261. The van der Waals surface area contributed by atoms with Gasteiger partial charge in [-0.3, -0.25) is 9.67 Å². The van der Waals surface area contributed by atoms with Crippen LogP contribution in [0.1, 0.15) is 24.7 Å². The Bertz CT molecular complexity index is 1790. The van der Waals surface area contributed by atoms with Gasteiger partial charge in [-0.25, -0.2) is 9.97 Å². The Morgan fingerprint density at radius 3 is 2.56 bits per heavy atom. The molecule has 0 spiro atoms. The lowest BCUT2D eigenvalue weighted by atomic mass is 9.80. The molecule has 13 heteroatoms. The van der Waals surface area contributed by atoms with Crippen molar-refractivity contribution in [2.45, 2.75) is 64.4 Å². The van der Waals surface area contributed by atoms with Crippen LogP contribution < -0.4 is 4.74 Å². The number of aryl methyl sites for hydroxylation is 1. The molecule has 3 heterocycles. The topological polar surface area (TPSA) is 79.9 Å². The number of ether oxygens (including phenoxy) is 2. The summed E-state index contributed by atoms with van der Waals surface area (Å²) in [5.41, 5.74) is 3.93. The number of benzene rings is 2. The number of imidazole rings is 1. The molecule has 0 aliphatic heterocycles. The second kappa shape index (κ2) is 11.2. The average molecular weight is 629 g/mol. The van der Waals surface area contributed by atoms with Gasteiger partial charge >= 0.3 is 6.18 Å². The van der Waals surface area contributed by atoms with Crippen molar-refractivity contribution in [1.29, 1.82) is 0 Å². The van der Waals surface area contributed by atoms with Crippen LogP contribution in [0.2, 0.25) is 30.7 Å². The van der Waals surface area contributed by atoms with E-state index in [1.165, 1.54) is 0 Å². The molecule has 0 bridgehead atoms. The van der Waals surface area contributed by atoms with Gasteiger partial charge in [0.25, 0.3) is 0 Å². The van der Waals surface area contributed by atoms with Crippen molar-refractivity contribution >= 4 is 41.7 Å². The van der Waals surface area contributed by atoms with Crippen LogP contribution in [0.3, 0.4) is 0 Å². The van der Waals surface area contributed by atoms with Gasteiger partial charge in [0.2, 0.25) is 0 Å². The van der Waals surface area contributed by atoms with Crippen LogP contribution in [-0.4, -0.2) is 50.2 Å². The molecule has 1 aliphatic carbocycles. The third-order valence-electron chi connectivity index (χ3n) is 7.82. The summed E-state index contributed by atoms with van der Waals surface area (Å²) >= 11 is 6.78. The van der Waals surface area contributed by atoms with Crippen molar-refractivity contribution in [3.8, 4) is 22.8 Å². The maximum Gasteiger partial charge on any atom is 0.391 e. The molecular formula is C30H32ClF3N6O2Si. The first-order chi connectivity index (χ1) is 20.4. The third-order valence-corrected chi connectivity index (χ3v) is 9.89. The molecular weight excluding hydrogens is 597 g/mol. The predicted molar refractivity (Wildman–Crippen MR) is 162 cm³/mol. The number of rotatable bonds is 9. The average Bonchev–Trinajstić information content (AvgIpc) is 3.50. The fraction of sp³-hybridized carbons (Fsp3) is 0.400. The molecule has 0 atom stereocenters. The first-order valence-electron chi connectivity index (χ1n) is 14.1. The van der Waals surface area contributed by atoms with Crippen LogP contribution in [0.4, 0.5) is 13.2 Å². The second-order valence-electron chi connectivity index (χ2n) is 12.3. The Balaban J connectivity index is 1.21. The van der Waals surface area contributed by atoms with E-state index in [0.29, 0.717) is 52.2 Å². The minimum Gasteiger partial charge on any atom is -0.456 e. The van der Waals surface area contributed by atoms with Gasteiger partial charge in [-0.15, -0.1) is 0 Å². The first kappa shape index (κ1) is 29.6. The van der Waals surface area contributed by atoms with Crippen LogP contribution in [0.25, 0.3) is 33.3 Å². The molecule has 5 aromatic rings. The number of nitrogens with zero attached hydrogens (tertiary/aromatic N) is 6. The SMILES string of the molecule is Cc1nc2ccc(Oc3ccc4ncc(-c5cnn([C@H]6C[C@H](C(F)(F)F)C6)c5)nc4c3Cl)cc2n1COCC[Si](C)(C)C. The van der Waals surface area contributed by atoms with Gasteiger partial charge in [-0.2, -0.15) is 18.3 Å². The largest absolute Gasteiger partial charge is 0.456 e. The fourth-order valence-electron chi connectivity index (χ4n) is 5.10. The summed E-state index contributed by atoms with van der Waals surface area (Å²) in [5, 5.41) is 4.58. The highest BCUT2D eigenvalue weighted by atomic mass is 35.5. The summed E-state index contributed by atoms with van der Waals surface area (Å²) in [4.78, 5) is 13.9. The molecule has 0 unspecified atom stereocenters. The fourth-order valence-corrected chi connectivity index (χ4v) is 6.09. The molecule has 0 amide bonds. The maximum absolute atomic E-state index is 12.9. The predicted octanol–water partition coefficient (Wildman–Crippen LogP) is 8.42. The van der Waals surface area contributed by atoms with E-state index in [-0.39, 0.29) is 18.9 Å². The van der Waals surface area contributed by atoms with Gasteiger partial charge in [0.15, 0.2) is 0 Å². The molecule has 0 saturated heterocycles. The summed E-state index contributed by atoms with van der Waals surface area (Å²) in [6.07, 6.45) is 0.774. The van der Waals surface area contributed by atoms with Crippen LogP contribution >= 0.6 is 11.6 Å². The molecule has 3 aromatic heterocycles. The van der Waals surface area contributed by atoms with E-state index < -0.39 is 20.2 Å². The Morgan fingerprint density at radius 2 is 1.81 bits per heavy atom. The van der Waals surface area contributed by atoms with Crippen molar-refractivity contribution in [2.24, 2.45) is 5.92 Å². The first-order valence-corrected chi connectivity index (χ1v) is 18.2. The molecule has 0 radical (unpaired) electrons. The van der Waals surface area contributed by atoms with Crippen molar-refractivity contribution in [3.63, 3.8) is 0 Å². The molecule has 0 N–H and O–H groups in total. The monoisotopic (exact) mass is 628 g/mol. The Kier molecular flexibility index (Phi) is 7.72. The molecule has 2 aromatic carbocycles. The maximum atomic E-state index is 12.9. The van der Waals surface area contributed by atoms with Crippen molar-refractivity contribution in [1.82, 2.24) is 29.3 Å². The normalized spacial score (nSPS) is 17.5. The summed E-state index contributed by atoms with van der Waals surface area (Å²) in [7, 11) is -1.19. The lowest BCUT2D eigenvalue weighted by molar-refractivity contribution is -0.203. The Morgan fingerprint density at radius 1 is 1.05 bits per heavy atom. The Hall–Kier alpha value is -3.48. The zero-order valence-corrected chi connectivity index (χ0v) is 26.1. The minimum atomic E-state index is -4.17. The van der Waals surface area contributed by atoms with E-state index >= 15 is 0 Å². The highest BCUT2D eigenvalue weighted by Gasteiger charge is 2.48. The smallest absolute Gasteiger partial charge is 0.391 e. The van der Waals surface area contributed by atoms with Gasteiger partial charge < -0.3 is 14.0 Å². The summed E-state index contributed by atoms with van der Waals surface area (Å²) in [6, 6.07) is 9.98. The standard InChI is InChI=1S/C30H32ClF3N6O2Si/c1-18-37-23-6-5-22(13-26(23)39(18)17-41-9-10-43(2,3)4)42-27-8-7-24-29(28(27)31)38-25(15-35-24)19-14-36-40(16-19)21-11-20(12-21)30(32,33)34/h5-8,13-16,20-21H,9-12,17H2,1-4H3/t20-,21-. The van der Waals surface area contributed by atoms with Gasteiger partial charge in [0, 0.05) is 32.5 Å². The van der Waals surface area contributed by atoms with Crippen molar-refractivity contribution in [2.75, 3.05) is 6.61 Å². The van der Waals surface area contributed by atoms with E-state index in [1.807, 2.05) is 29.7 Å². The number of fused-ring (bicyclic) bond motifs is 2. The van der Waals surface area contributed by atoms with Gasteiger partial charge in [0.05, 0.1) is 46.6 Å². The number of halogens is 4. The van der Waals surface area contributed by atoms with E-state index in [0.717, 1.165) is 22.9 Å². The summed E-state index contributed by atoms with van der Waals surface area (Å²) in [5.74, 6) is 0.575. The van der Waals surface area contributed by atoms with Crippen molar-refractivity contribution in [3.05, 3.63) is 59.8 Å². The van der Waals surface area contributed by atoms with Gasteiger partial charge in [-0.05, 0) is 50.1 Å². The molecule has 1 aliphatic rings. The van der Waals surface area contributed by atoms with Crippen LogP contribution in [0, 0.1) is 12.8 Å². The molecule has 1 saturated carbocycles. The second-order valence-corrected chi connectivity index (χ2v) is 18.3. The molecule has 8 nitrogen and oxygen atoms in total. The summed E-state index contributed by atoms with van der Waals surface area (Å²) < 4.78 is 54.6. The third kappa shape index (κ3) is 6.27. The van der Waals surface area contributed by atoms with Gasteiger partial charge in [0.1, 0.15) is 34.6 Å². The van der Waals surface area contributed by atoms with Gasteiger partial charge in [-0.1, -0.05) is 31.2 Å². The number of hydrogen-bond donors (Lipinski definition) is 0. The Labute approximate surface area is 252 Å².